The van der Waals surface area contributed by atoms with Crippen LogP contribution in [0.25, 0.3) is 6.08 Å². The molecule has 1 N–H and O–H groups in total. The van der Waals surface area contributed by atoms with E-state index in [-0.39, 0.29) is 24.9 Å². The molecule has 0 amide bonds. The van der Waals surface area contributed by atoms with Gasteiger partial charge in [-0.3, -0.25) is 4.79 Å². The molecular weight excluding hydrogens is 291 g/mol. The number of hydrogen-bond acceptors (Lipinski definition) is 5. The van der Waals surface area contributed by atoms with Crippen molar-refractivity contribution >= 4 is 18.0 Å². The summed E-state index contributed by atoms with van der Waals surface area (Å²) >= 11 is 0. The molecule has 1 atom stereocenters. The number of halogens is 1. The van der Waals surface area contributed by atoms with Gasteiger partial charge in [-0.05, 0) is 23.8 Å². The first kappa shape index (κ1) is 17.8. The largest absolute Gasteiger partial charge is 0.463 e. The minimum Gasteiger partial charge on any atom is -0.463 e. The van der Waals surface area contributed by atoms with Gasteiger partial charge in [0.25, 0.3) is 0 Å². The molecule has 120 valence electrons. The Labute approximate surface area is 128 Å². The lowest BCUT2D eigenvalue weighted by Crippen LogP contribution is -2.26. The Kier molecular flexibility index (Phi) is 7.25. The molecule has 0 fully saturated rings. The molecule has 6 heteroatoms. The van der Waals surface area contributed by atoms with E-state index in [2.05, 4.69) is 0 Å². The van der Waals surface area contributed by atoms with Gasteiger partial charge in [0, 0.05) is 6.08 Å². The molecule has 0 saturated heterocycles. The predicted octanol–water partition coefficient (Wildman–Crippen LogP) is 1.94. The van der Waals surface area contributed by atoms with Crippen molar-refractivity contribution in [3.8, 4) is 0 Å². The van der Waals surface area contributed by atoms with Crippen molar-refractivity contribution in [2.45, 2.75) is 20.0 Å². The zero-order chi connectivity index (χ0) is 16.5. The molecule has 0 aliphatic rings. The summed E-state index contributed by atoms with van der Waals surface area (Å²) in [5.41, 5.74) is 0.643. The Bertz CT molecular complexity index is 522. The Balaban J connectivity index is 2.30. The molecule has 22 heavy (non-hydrogen) atoms. The standard InChI is InChI=1S/C16H19FO5/c1-11(2)16(20)22-10-14(18)9-21-15(19)8-5-12-3-6-13(17)7-4-12/h3-8,11,14,18H,9-10H2,1-2H3/b8-5+. The van der Waals surface area contributed by atoms with E-state index >= 15 is 0 Å². The fourth-order valence-electron chi connectivity index (χ4n) is 1.36. The van der Waals surface area contributed by atoms with Crippen molar-refractivity contribution in [3.63, 3.8) is 0 Å². The summed E-state index contributed by atoms with van der Waals surface area (Å²) in [5.74, 6) is -1.73. The molecule has 0 aliphatic heterocycles. The zero-order valence-corrected chi connectivity index (χ0v) is 12.5. The zero-order valence-electron chi connectivity index (χ0n) is 12.5. The molecule has 0 aliphatic carbocycles. The Morgan fingerprint density at radius 3 is 2.36 bits per heavy atom. The summed E-state index contributed by atoms with van der Waals surface area (Å²) < 4.78 is 22.3. The highest BCUT2D eigenvalue weighted by molar-refractivity contribution is 5.87. The van der Waals surface area contributed by atoms with E-state index < -0.39 is 18.0 Å². The maximum atomic E-state index is 12.7. The monoisotopic (exact) mass is 310 g/mol. The molecule has 0 saturated carbocycles. The van der Waals surface area contributed by atoms with Gasteiger partial charge in [-0.2, -0.15) is 0 Å². The SMILES string of the molecule is CC(C)C(=O)OCC(O)COC(=O)/C=C/c1ccc(F)cc1. The maximum absolute atomic E-state index is 12.7. The summed E-state index contributed by atoms with van der Waals surface area (Å²) in [6, 6.07) is 5.58. The van der Waals surface area contributed by atoms with Crippen LogP contribution >= 0.6 is 0 Å². The molecule has 1 unspecified atom stereocenters. The van der Waals surface area contributed by atoms with Crippen molar-refractivity contribution in [1.29, 1.82) is 0 Å². The number of benzene rings is 1. The number of rotatable bonds is 7. The molecule has 1 aromatic rings. The van der Waals surface area contributed by atoms with Crippen LogP contribution in [0.1, 0.15) is 19.4 Å². The molecule has 0 aromatic heterocycles. The predicted molar refractivity (Wildman–Crippen MR) is 78.2 cm³/mol. The molecule has 0 heterocycles. The van der Waals surface area contributed by atoms with Crippen LogP contribution in [0, 0.1) is 11.7 Å². The average Bonchev–Trinajstić information content (AvgIpc) is 2.49. The third-order valence-corrected chi connectivity index (χ3v) is 2.59. The molecule has 0 spiro atoms. The lowest BCUT2D eigenvalue weighted by atomic mass is 10.2. The van der Waals surface area contributed by atoms with Gasteiger partial charge < -0.3 is 14.6 Å². The van der Waals surface area contributed by atoms with E-state index in [0.29, 0.717) is 5.56 Å². The first-order valence-corrected chi connectivity index (χ1v) is 6.83. The van der Waals surface area contributed by atoms with Crippen LogP contribution in [0.2, 0.25) is 0 Å². The Morgan fingerprint density at radius 2 is 1.77 bits per heavy atom. The van der Waals surface area contributed by atoms with Crippen LogP contribution in [0.15, 0.2) is 30.3 Å². The van der Waals surface area contributed by atoms with Gasteiger partial charge >= 0.3 is 11.9 Å². The summed E-state index contributed by atoms with van der Waals surface area (Å²) in [6.07, 6.45) is 1.55. The van der Waals surface area contributed by atoms with Gasteiger partial charge in [0.2, 0.25) is 0 Å². The highest BCUT2D eigenvalue weighted by Gasteiger charge is 2.13. The molecule has 0 bridgehead atoms. The van der Waals surface area contributed by atoms with Gasteiger partial charge in [0.1, 0.15) is 25.1 Å². The number of esters is 2. The second-order valence-corrected chi connectivity index (χ2v) is 4.95. The highest BCUT2D eigenvalue weighted by atomic mass is 19.1. The normalized spacial score (nSPS) is 12.4. The van der Waals surface area contributed by atoms with Crippen LogP contribution in [-0.2, 0) is 19.1 Å². The lowest BCUT2D eigenvalue weighted by Gasteiger charge is -2.12. The molecule has 5 nitrogen and oxygen atoms in total. The van der Waals surface area contributed by atoms with Crippen LogP contribution in [-0.4, -0.2) is 36.4 Å². The second kappa shape index (κ2) is 8.94. The molecular formula is C16H19FO5. The number of aliphatic hydroxyl groups excluding tert-OH is 1. The molecule has 1 aromatic carbocycles. The van der Waals surface area contributed by atoms with Crippen LogP contribution < -0.4 is 0 Å². The first-order valence-electron chi connectivity index (χ1n) is 6.83. The van der Waals surface area contributed by atoms with E-state index in [1.54, 1.807) is 13.8 Å². The number of aliphatic hydroxyl groups is 1. The van der Waals surface area contributed by atoms with E-state index in [0.717, 1.165) is 0 Å². The number of carbonyl (C=O) groups excluding carboxylic acids is 2. The van der Waals surface area contributed by atoms with E-state index in [1.165, 1.54) is 36.4 Å². The fraction of sp³-hybridized carbons (Fsp3) is 0.375. The number of hydrogen-bond donors (Lipinski definition) is 1. The highest BCUT2D eigenvalue weighted by Crippen LogP contribution is 2.05. The van der Waals surface area contributed by atoms with E-state index in [1.807, 2.05) is 0 Å². The van der Waals surface area contributed by atoms with Crippen LogP contribution in [0.5, 0.6) is 0 Å². The van der Waals surface area contributed by atoms with Crippen molar-refractivity contribution in [2.75, 3.05) is 13.2 Å². The molecule has 1 rings (SSSR count). The first-order chi connectivity index (χ1) is 10.4. The van der Waals surface area contributed by atoms with Crippen molar-refractivity contribution in [1.82, 2.24) is 0 Å². The fourth-order valence-corrected chi connectivity index (χ4v) is 1.36. The van der Waals surface area contributed by atoms with Crippen molar-refractivity contribution < 1.29 is 28.6 Å². The Morgan fingerprint density at radius 1 is 1.18 bits per heavy atom. The minimum atomic E-state index is -1.08. The van der Waals surface area contributed by atoms with Gasteiger partial charge in [-0.25, -0.2) is 9.18 Å². The summed E-state index contributed by atoms with van der Waals surface area (Å²) in [6.45, 7) is 2.84. The average molecular weight is 310 g/mol. The summed E-state index contributed by atoms with van der Waals surface area (Å²) in [4.78, 5) is 22.6. The number of carbonyl (C=O) groups is 2. The summed E-state index contributed by atoms with van der Waals surface area (Å²) in [5, 5.41) is 9.52. The van der Waals surface area contributed by atoms with E-state index in [9.17, 15) is 19.1 Å². The number of ether oxygens (including phenoxy) is 2. The third-order valence-electron chi connectivity index (χ3n) is 2.59. The second-order valence-electron chi connectivity index (χ2n) is 4.95. The quantitative estimate of drug-likeness (QED) is 0.615. The Hall–Kier alpha value is -2.21. The topological polar surface area (TPSA) is 72.8 Å². The van der Waals surface area contributed by atoms with E-state index in [4.69, 9.17) is 9.47 Å². The van der Waals surface area contributed by atoms with Gasteiger partial charge in [0.05, 0.1) is 5.92 Å². The van der Waals surface area contributed by atoms with Gasteiger partial charge in [-0.15, -0.1) is 0 Å². The third kappa shape index (κ3) is 6.99. The van der Waals surface area contributed by atoms with Crippen molar-refractivity contribution in [2.24, 2.45) is 5.92 Å². The van der Waals surface area contributed by atoms with Crippen molar-refractivity contribution in [3.05, 3.63) is 41.7 Å². The smallest absolute Gasteiger partial charge is 0.330 e. The summed E-state index contributed by atoms with van der Waals surface area (Å²) in [7, 11) is 0. The van der Waals surface area contributed by atoms with Crippen LogP contribution in [0.4, 0.5) is 4.39 Å². The van der Waals surface area contributed by atoms with Gasteiger partial charge in [0.15, 0.2) is 0 Å². The maximum Gasteiger partial charge on any atom is 0.330 e. The molecule has 0 radical (unpaired) electrons. The lowest BCUT2D eigenvalue weighted by molar-refractivity contribution is -0.153. The van der Waals surface area contributed by atoms with Crippen LogP contribution in [0.3, 0.4) is 0 Å². The minimum absolute atomic E-state index is 0.230. The van der Waals surface area contributed by atoms with Gasteiger partial charge in [-0.1, -0.05) is 26.0 Å².